The van der Waals surface area contributed by atoms with Crippen molar-refractivity contribution in [3.63, 3.8) is 0 Å². The van der Waals surface area contributed by atoms with Crippen LogP contribution in [0.3, 0.4) is 0 Å². The Kier molecular flexibility index (Phi) is 4.77. The number of nitrogens with zero attached hydrogens (tertiary/aromatic N) is 2. The summed E-state index contributed by atoms with van der Waals surface area (Å²) in [5.74, 6) is -2.33. The molecular formula is C25H22Cl2N2O3. The van der Waals surface area contributed by atoms with Gasteiger partial charge in [-0.15, -0.1) is 0 Å². The van der Waals surface area contributed by atoms with E-state index in [4.69, 9.17) is 23.2 Å². The van der Waals surface area contributed by atoms with Crippen molar-refractivity contribution in [2.24, 2.45) is 17.3 Å². The molecule has 2 amide bonds. The molecule has 4 atom stereocenters. The third kappa shape index (κ3) is 2.95. The predicted molar refractivity (Wildman–Crippen MR) is 124 cm³/mol. The highest BCUT2D eigenvalue weighted by Gasteiger charge is 2.65. The number of anilines is 1. The summed E-state index contributed by atoms with van der Waals surface area (Å²) in [6, 6.07) is 11.3. The molecule has 0 aliphatic carbocycles. The fourth-order valence-corrected chi connectivity index (χ4v) is 5.56. The van der Waals surface area contributed by atoms with Gasteiger partial charge in [-0.25, -0.2) is 4.90 Å². The summed E-state index contributed by atoms with van der Waals surface area (Å²) in [5, 5.41) is 0.632. The lowest BCUT2D eigenvalue weighted by Gasteiger charge is -2.37. The Morgan fingerprint density at radius 2 is 1.66 bits per heavy atom. The topological polar surface area (TPSA) is 57.7 Å². The van der Waals surface area contributed by atoms with Crippen LogP contribution in [0.4, 0.5) is 5.69 Å². The highest BCUT2D eigenvalue weighted by atomic mass is 35.5. The Balaban J connectivity index is 1.69. The van der Waals surface area contributed by atoms with E-state index >= 15 is 0 Å². The Morgan fingerprint density at radius 1 is 0.969 bits per heavy atom. The second kappa shape index (κ2) is 7.19. The van der Waals surface area contributed by atoms with Crippen LogP contribution in [0.2, 0.25) is 10.0 Å². The van der Waals surface area contributed by atoms with Crippen molar-refractivity contribution in [3.8, 4) is 0 Å². The molecule has 164 valence electrons. The first-order valence-corrected chi connectivity index (χ1v) is 11.3. The fourth-order valence-electron chi connectivity index (χ4n) is 5.20. The summed E-state index contributed by atoms with van der Waals surface area (Å²) in [7, 11) is 0. The number of carbonyl (C=O) groups is 3. The maximum Gasteiger partial charge on any atom is 0.240 e. The molecule has 32 heavy (non-hydrogen) atoms. The Labute approximate surface area is 196 Å². The minimum Gasteiger partial charge on any atom is -0.359 e. The lowest BCUT2D eigenvalue weighted by molar-refractivity contribution is -0.135. The van der Waals surface area contributed by atoms with Gasteiger partial charge in [0.25, 0.3) is 0 Å². The molecule has 0 N–H and O–H groups in total. The van der Waals surface area contributed by atoms with Crippen LogP contribution in [0.5, 0.6) is 0 Å². The van der Waals surface area contributed by atoms with Crippen LogP contribution in [-0.4, -0.2) is 28.5 Å². The number of imide groups is 1. The van der Waals surface area contributed by atoms with Gasteiger partial charge in [0.15, 0.2) is 5.78 Å². The molecular weight excluding hydrogens is 447 g/mol. The van der Waals surface area contributed by atoms with E-state index < -0.39 is 35.2 Å². The molecule has 0 spiro atoms. The van der Waals surface area contributed by atoms with Gasteiger partial charge in [-0.3, -0.25) is 14.4 Å². The van der Waals surface area contributed by atoms with Gasteiger partial charge in [0.1, 0.15) is 6.04 Å². The van der Waals surface area contributed by atoms with Gasteiger partial charge in [-0.05, 0) is 35.4 Å². The molecule has 3 heterocycles. The summed E-state index contributed by atoms with van der Waals surface area (Å²) in [6.45, 7) is 5.52. The summed E-state index contributed by atoms with van der Waals surface area (Å²) in [4.78, 5) is 44.2. The summed E-state index contributed by atoms with van der Waals surface area (Å²) < 4.78 is 0. The van der Waals surface area contributed by atoms with E-state index in [0.29, 0.717) is 5.02 Å². The lowest BCUT2D eigenvalue weighted by Crippen LogP contribution is -2.47. The molecule has 5 rings (SSSR count). The van der Waals surface area contributed by atoms with Crippen molar-refractivity contribution in [1.29, 1.82) is 0 Å². The number of fused-ring (bicyclic) bond motifs is 5. The van der Waals surface area contributed by atoms with Crippen molar-refractivity contribution in [3.05, 3.63) is 69.8 Å². The average Bonchev–Trinajstić information content (AvgIpc) is 3.21. The number of hydrogen-bond acceptors (Lipinski definition) is 4. The monoisotopic (exact) mass is 468 g/mol. The molecule has 0 saturated carbocycles. The molecule has 0 aromatic heterocycles. The summed E-state index contributed by atoms with van der Waals surface area (Å²) >= 11 is 12.5. The smallest absolute Gasteiger partial charge is 0.240 e. The van der Waals surface area contributed by atoms with Gasteiger partial charge < -0.3 is 4.90 Å². The van der Waals surface area contributed by atoms with Crippen LogP contribution in [0.15, 0.2) is 48.7 Å². The largest absolute Gasteiger partial charge is 0.359 e. The number of benzene rings is 2. The zero-order valence-electron chi connectivity index (χ0n) is 17.9. The second-order valence-electron chi connectivity index (χ2n) is 9.55. The van der Waals surface area contributed by atoms with Gasteiger partial charge in [0, 0.05) is 16.6 Å². The van der Waals surface area contributed by atoms with Gasteiger partial charge in [-0.1, -0.05) is 68.2 Å². The minimum absolute atomic E-state index is 0.0702. The molecule has 2 fully saturated rings. The van der Waals surface area contributed by atoms with Crippen molar-refractivity contribution in [2.75, 3.05) is 4.90 Å². The number of ketones is 1. The SMILES string of the molecule is CC(C)(C)C(=O)[C@H]1[C@H]2C(=O)N(c3cc(Cl)ccc3Cl)C(=O)[C@@H]2[C@H]2c3ccccc3C=CN21. The maximum atomic E-state index is 13.8. The predicted octanol–water partition coefficient (Wildman–Crippen LogP) is 5.12. The van der Waals surface area contributed by atoms with Gasteiger partial charge in [-0.2, -0.15) is 0 Å². The molecule has 2 saturated heterocycles. The highest BCUT2D eigenvalue weighted by molar-refractivity contribution is 6.38. The minimum atomic E-state index is -0.801. The van der Waals surface area contributed by atoms with Crippen LogP contribution in [0, 0.1) is 17.3 Å². The van der Waals surface area contributed by atoms with Gasteiger partial charge in [0.05, 0.1) is 28.6 Å². The Morgan fingerprint density at radius 3 is 2.38 bits per heavy atom. The maximum absolute atomic E-state index is 13.8. The van der Waals surface area contributed by atoms with E-state index in [2.05, 4.69) is 0 Å². The number of amides is 2. The highest BCUT2D eigenvalue weighted by Crippen LogP contribution is 2.54. The van der Waals surface area contributed by atoms with Crippen molar-refractivity contribution in [1.82, 2.24) is 4.90 Å². The van der Waals surface area contributed by atoms with Crippen molar-refractivity contribution < 1.29 is 14.4 Å². The molecule has 3 aliphatic rings. The molecule has 2 aromatic carbocycles. The fraction of sp³-hybridized carbons (Fsp3) is 0.320. The van der Waals surface area contributed by atoms with Crippen molar-refractivity contribution in [2.45, 2.75) is 32.9 Å². The van der Waals surface area contributed by atoms with E-state index in [1.165, 1.54) is 6.07 Å². The lowest BCUT2D eigenvalue weighted by atomic mass is 9.79. The van der Waals surface area contributed by atoms with Crippen LogP contribution in [0.25, 0.3) is 6.08 Å². The standard InChI is InChI=1S/C25H22Cl2N2O3/c1-25(2,3)22(30)21-19-18(20-15-7-5-4-6-13(15)10-11-28(20)21)23(31)29(24(19)32)17-12-14(26)8-9-16(17)27/h4-12,18-21H,1-3H3/t18-,19-,20+,21+/m0/s1. The first-order valence-electron chi connectivity index (χ1n) is 10.5. The number of halogens is 2. The molecule has 0 unspecified atom stereocenters. The van der Waals surface area contributed by atoms with E-state index in [0.717, 1.165) is 16.0 Å². The normalized spacial score (nSPS) is 26.3. The number of Topliss-reactive ketones (excluding diaryl/α,β-unsaturated/α-hetero) is 1. The third-order valence-corrected chi connectivity index (χ3v) is 7.17. The molecule has 0 bridgehead atoms. The van der Waals surface area contributed by atoms with Crippen molar-refractivity contribution >= 4 is 52.6 Å². The number of rotatable bonds is 2. The first-order chi connectivity index (χ1) is 15.1. The molecule has 3 aliphatic heterocycles. The van der Waals surface area contributed by atoms with Crippen LogP contribution < -0.4 is 4.90 Å². The van der Waals surface area contributed by atoms with E-state index in [9.17, 15) is 14.4 Å². The summed E-state index contributed by atoms with van der Waals surface area (Å²) in [6.07, 6.45) is 3.80. The zero-order chi connectivity index (χ0) is 22.9. The van der Waals surface area contributed by atoms with Gasteiger partial charge in [0.2, 0.25) is 11.8 Å². The molecule has 5 nitrogen and oxygen atoms in total. The first kappa shape index (κ1) is 21.2. The van der Waals surface area contributed by atoms with Crippen LogP contribution in [0.1, 0.15) is 37.9 Å². The molecule has 7 heteroatoms. The van der Waals surface area contributed by atoms with Crippen LogP contribution in [-0.2, 0) is 14.4 Å². The van der Waals surface area contributed by atoms with E-state index in [-0.39, 0.29) is 22.4 Å². The van der Waals surface area contributed by atoms with E-state index in [1.807, 2.05) is 62.2 Å². The average molecular weight is 469 g/mol. The molecule has 0 radical (unpaired) electrons. The Bertz CT molecular complexity index is 1200. The second-order valence-corrected chi connectivity index (χ2v) is 10.4. The number of hydrogen-bond donors (Lipinski definition) is 0. The third-order valence-electron chi connectivity index (χ3n) is 6.62. The number of carbonyl (C=O) groups excluding carboxylic acids is 3. The van der Waals surface area contributed by atoms with Gasteiger partial charge >= 0.3 is 0 Å². The zero-order valence-corrected chi connectivity index (χ0v) is 19.4. The van der Waals surface area contributed by atoms with E-state index in [1.54, 1.807) is 12.1 Å². The quantitative estimate of drug-likeness (QED) is 0.573. The van der Waals surface area contributed by atoms with Crippen LogP contribution >= 0.6 is 23.2 Å². The Hall–Kier alpha value is -2.63. The summed E-state index contributed by atoms with van der Waals surface area (Å²) in [5.41, 5.74) is 1.50. The molecule has 2 aromatic rings.